The molecule has 0 N–H and O–H groups in total. The molecular formula is C23H17N5O2. The van der Waals surface area contributed by atoms with Crippen molar-refractivity contribution >= 4 is 16.7 Å². The van der Waals surface area contributed by atoms with Crippen molar-refractivity contribution < 1.29 is 4.92 Å². The lowest BCUT2D eigenvalue weighted by Gasteiger charge is -2.10. The van der Waals surface area contributed by atoms with Crippen molar-refractivity contribution in [1.82, 2.24) is 19.3 Å². The molecule has 7 heteroatoms. The fraction of sp³-hybridized carbons (Fsp3) is 0.0435. The van der Waals surface area contributed by atoms with E-state index in [0.29, 0.717) is 0 Å². The Labute approximate surface area is 172 Å². The van der Waals surface area contributed by atoms with Crippen molar-refractivity contribution in [1.29, 1.82) is 0 Å². The highest BCUT2D eigenvalue weighted by molar-refractivity contribution is 5.85. The first kappa shape index (κ1) is 17.8. The van der Waals surface area contributed by atoms with E-state index in [1.54, 1.807) is 23.0 Å². The van der Waals surface area contributed by atoms with Gasteiger partial charge in [-0.25, -0.2) is 9.67 Å². The molecule has 5 aromatic rings. The van der Waals surface area contributed by atoms with Gasteiger partial charge in [0.25, 0.3) is 5.69 Å². The largest absolute Gasteiger partial charge is 0.327 e. The summed E-state index contributed by atoms with van der Waals surface area (Å²) in [5.74, 6) is 0.809. The molecule has 5 rings (SSSR count). The Morgan fingerprint density at radius 1 is 0.900 bits per heavy atom. The van der Waals surface area contributed by atoms with E-state index in [4.69, 9.17) is 4.98 Å². The molecule has 3 aromatic carbocycles. The van der Waals surface area contributed by atoms with Gasteiger partial charge in [-0.1, -0.05) is 42.5 Å². The zero-order valence-corrected chi connectivity index (χ0v) is 16.1. The molecule has 7 nitrogen and oxygen atoms in total. The maximum atomic E-state index is 11.0. The molecule has 0 saturated carbocycles. The van der Waals surface area contributed by atoms with E-state index >= 15 is 0 Å². The number of rotatable bonds is 4. The summed E-state index contributed by atoms with van der Waals surface area (Å²) in [4.78, 5) is 15.4. The second-order valence-corrected chi connectivity index (χ2v) is 6.94. The SMILES string of the molecule is Cn1c(-c2cnn(-c3ccc([N+](=O)[O-])cc3)c2-c2ccccc2)nc2ccccc21. The van der Waals surface area contributed by atoms with Gasteiger partial charge in [-0.05, 0) is 24.3 Å². The van der Waals surface area contributed by atoms with Crippen LogP contribution in [0.2, 0.25) is 0 Å². The molecular weight excluding hydrogens is 378 g/mol. The first-order chi connectivity index (χ1) is 14.6. The second-order valence-electron chi connectivity index (χ2n) is 6.94. The summed E-state index contributed by atoms with van der Waals surface area (Å²) in [5.41, 5.74) is 5.48. The number of non-ortho nitro benzene ring substituents is 1. The Hall–Kier alpha value is -4.26. The van der Waals surface area contributed by atoms with Gasteiger partial charge in [-0.3, -0.25) is 10.1 Å². The summed E-state index contributed by atoms with van der Waals surface area (Å²) >= 11 is 0. The Morgan fingerprint density at radius 3 is 2.30 bits per heavy atom. The van der Waals surface area contributed by atoms with Crippen LogP contribution in [0.4, 0.5) is 5.69 Å². The quantitative estimate of drug-likeness (QED) is 0.317. The third-order valence-electron chi connectivity index (χ3n) is 5.15. The number of nitro benzene ring substituents is 1. The minimum atomic E-state index is -0.407. The molecule has 0 amide bonds. The molecule has 0 aliphatic rings. The van der Waals surface area contributed by atoms with E-state index < -0.39 is 4.92 Å². The van der Waals surface area contributed by atoms with Crippen molar-refractivity contribution in [3.63, 3.8) is 0 Å². The summed E-state index contributed by atoms with van der Waals surface area (Å²) in [5, 5.41) is 15.6. The molecule has 0 radical (unpaired) electrons. The van der Waals surface area contributed by atoms with E-state index in [-0.39, 0.29) is 5.69 Å². The van der Waals surface area contributed by atoms with E-state index in [9.17, 15) is 10.1 Å². The lowest BCUT2D eigenvalue weighted by atomic mass is 10.1. The molecule has 2 aromatic heterocycles. The average Bonchev–Trinajstić information content (AvgIpc) is 3.36. The van der Waals surface area contributed by atoms with Gasteiger partial charge in [-0.2, -0.15) is 5.10 Å². The maximum Gasteiger partial charge on any atom is 0.269 e. The Bertz CT molecular complexity index is 1370. The fourth-order valence-corrected chi connectivity index (χ4v) is 3.68. The molecule has 0 unspecified atom stereocenters. The van der Waals surface area contributed by atoms with Crippen LogP contribution < -0.4 is 0 Å². The van der Waals surface area contributed by atoms with Crippen LogP contribution in [0, 0.1) is 10.1 Å². The number of imidazole rings is 1. The zero-order chi connectivity index (χ0) is 20.7. The van der Waals surface area contributed by atoms with Gasteiger partial charge >= 0.3 is 0 Å². The van der Waals surface area contributed by atoms with Crippen molar-refractivity contribution in [2.24, 2.45) is 7.05 Å². The van der Waals surface area contributed by atoms with Gasteiger partial charge in [0.15, 0.2) is 0 Å². The Morgan fingerprint density at radius 2 is 1.60 bits per heavy atom. The van der Waals surface area contributed by atoms with Crippen LogP contribution >= 0.6 is 0 Å². The van der Waals surface area contributed by atoms with Crippen LogP contribution in [0.15, 0.2) is 85.1 Å². The summed E-state index contributed by atoms with van der Waals surface area (Å²) in [7, 11) is 1.99. The van der Waals surface area contributed by atoms with Gasteiger partial charge in [0.05, 0.1) is 39.1 Å². The van der Waals surface area contributed by atoms with Crippen LogP contribution in [-0.2, 0) is 7.05 Å². The monoisotopic (exact) mass is 395 g/mol. The smallest absolute Gasteiger partial charge is 0.269 e. The molecule has 0 aliphatic carbocycles. The number of aromatic nitrogens is 4. The van der Waals surface area contributed by atoms with Crippen LogP contribution in [0.25, 0.3) is 39.4 Å². The standard InChI is InChI=1S/C23H17N5O2/c1-26-21-10-6-5-9-20(21)25-23(26)19-15-24-27(22(19)16-7-3-2-4-8-16)17-11-13-18(14-12-17)28(29)30/h2-15H,1H3. The Balaban J connectivity index is 1.74. The molecule has 0 bridgehead atoms. The summed E-state index contributed by atoms with van der Waals surface area (Å²) in [6.07, 6.45) is 1.80. The predicted octanol–water partition coefficient (Wildman–Crippen LogP) is 5.00. The number of benzene rings is 3. The first-order valence-electron chi connectivity index (χ1n) is 9.43. The third-order valence-corrected chi connectivity index (χ3v) is 5.15. The number of para-hydroxylation sites is 2. The van der Waals surface area contributed by atoms with Crippen molar-refractivity contribution in [2.75, 3.05) is 0 Å². The number of nitrogens with zero attached hydrogens (tertiary/aromatic N) is 5. The van der Waals surface area contributed by atoms with Crippen LogP contribution in [0.1, 0.15) is 0 Å². The summed E-state index contributed by atoms with van der Waals surface area (Å²) in [6, 6.07) is 24.3. The van der Waals surface area contributed by atoms with Gasteiger partial charge in [0.2, 0.25) is 0 Å². The van der Waals surface area contributed by atoms with Crippen LogP contribution in [-0.4, -0.2) is 24.3 Å². The maximum absolute atomic E-state index is 11.0. The minimum absolute atomic E-state index is 0.0442. The van der Waals surface area contributed by atoms with Gasteiger partial charge < -0.3 is 4.57 Å². The number of fused-ring (bicyclic) bond motifs is 1. The minimum Gasteiger partial charge on any atom is -0.327 e. The molecule has 2 heterocycles. The Kier molecular flexibility index (Phi) is 4.14. The number of aryl methyl sites for hydroxylation is 1. The predicted molar refractivity (Wildman–Crippen MR) is 115 cm³/mol. The van der Waals surface area contributed by atoms with E-state index in [2.05, 4.69) is 9.67 Å². The number of hydrogen-bond acceptors (Lipinski definition) is 4. The topological polar surface area (TPSA) is 78.8 Å². The third kappa shape index (κ3) is 2.84. The average molecular weight is 395 g/mol. The number of nitro groups is 1. The molecule has 146 valence electrons. The highest BCUT2D eigenvalue weighted by Crippen LogP contribution is 2.34. The van der Waals surface area contributed by atoms with Crippen molar-refractivity contribution in [3.05, 3.63) is 95.2 Å². The highest BCUT2D eigenvalue weighted by Gasteiger charge is 2.20. The molecule has 0 spiro atoms. The summed E-state index contributed by atoms with van der Waals surface area (Å²) < 4.78 is 3.85. The van der Waals surface area contributed by atoms with E-state index in [1.807, 2.05) is 61.6 Å². The van der Waals surface area contributed by atoms with Gasteiger partial charge in [0, 0.05) is 24.7 Å². The van der Waals surface area contributed by atoms with Gasteiger partial charge in [0.1, 0.15) is 5.82 Å². The van der Waals surface area contributed by atoms with Crippen molar-refractivity contribution in [2.45, 2.75) is 0 Å². The first-order valence-corrected chi connectivity index (χ1v) is 9.43. The van der Waals surface area contributed by atoms with E-state index in [1.165, 1.54) is 12.1 Å². The van der Waals surface area contributed by atoms with Gasteiger partial charge in [-0.15, -0.1) is 0 Å². The second kappa shape index (κ2) is 6.97. The molecule has 30 heavy (non-hydrogen) atoms. The lowest BCUT2D eigenvalue weighted by Crippen LogP contribution is -2.01. The van der Waals surface area contributed by atoms with Crippen LogP contribution in [0.3, 0.4) is 0 Å². The zero-order valence-electron chi connectivity index (χ0n) is 16.1. The van der Waals surface area contributed by atoms with E-state index in [0.717, 1.165) is 39.4 Å². The fourth-order valence-electron chi connectivity index (χ4n) is 3.68. The number of hydrogen-bond donors (Lipinski definition) is 0. The van der Waals surface area contributed by atoms with Crippen molar-refractivity contribution in [3.8, 4) is 28.3 Å². The normalized spacial score (nSPS) is 11.1. The molecule has 0 aliphatic heterocycles. The highest BCUT2D eigenvalue weighted by atomic mass is 16.6. The molecule has 0 saturated heterocycles. The molecule has 0 atom stereocenters. The summed E-state index contributed by atoms with van der Waals surface area (Å²) in [6.45, 7) is 0. The van der Waals surface area contributed by atoms with Crippen LogP contribution in [0.5, 0.6) is 0 Å². The molecule has 0 fully saturated rings. The lowest BCUT2D eigenvalue weighted by molar-refractivity contribution is -0.384.